The highest BCUT2D eigenvalue weighted by Gasteiger charge is 2.22. The van der Waals surface area contributed by atoms with Crippen LogP contribution in [0.5, 0.6) is 0 Å². The Morgan fingerprint density at radius 2 is 2.11 bits per heavy atom. The van der Waals surface area contributed by atoms with Crippen LogP contribution in [0.15, 0.2) is 6.07 Å². The van der Waals surface area contributed by atoms with Crippen LogP contribution in [0.3, 0.4) is 0 Å². The minimum Gasteiger partial charge on any atom is -0.469 e. The Morgan fingerprint density at radius 3 is 2.85 bits per heavy atom. The van der Waals surface area contributed by atoms with Gasteiger partial charge in [-0.25, -0.2) is 0 Å². The molecule has 8 heteroatoms. The molecule has 0 unspecified atom stereocenters. The van der Waals surface area contributed by atoms with Crippen LogP contribution in [0, 0.1) is 5.92 Å². The van der Waals surface area contributed by atoms with Crippen LogP contribution < -0.4 is 16.2 Å². The standard InChI is InChI=1S/C19H29N3O3S2/c1-3-13-8-9-15-14(11-13)12-16(27-15)18(24)21-22-19(26)20-10-6-4-5-7-17(23)25-2/h12-13H,3-11H2,1-2H3,(H,21,24)(H2,20,22,26)/t13-/m1/s1. The van der Waals surface area contributed by atoms with Crippen molar-refractivity contribution in [2.75, 3.05) is 13.7 Å². The number of esters is 1. The van der Waals surface area contributed by atoms with Crippen LogP contribution in [0.4, 0.5) is 0 Å². The first-order valence-electron chi connectivity index (χ1n) is 9.56. The zero-order chi connectivity index (χ0) is 19.6. The summed E-state index contributed by atoms with van der Waals surface area (Å²) >= 11 is 6.76. The number of nitrogens with one attached hydrogen (secondary N) is 3. The summed E-state index contributed by atoms with van der Waals surface area (Å²) in [6, 6.07) is 2.02. The average Bonchev–Trinajstić information content (AvgIpc) is 3.11. The minimum atomic E-state index is -0.177. The van der Waals surface area contributed by atoms with E-state index in [0.29, 0.717) is 18.1 Å². The molecule has 1 atom stereocenters. The Bertz CT molecular complexity index is 661. The average molecular weight is 412 g/mol. The number of carbonyl (C=O) groups excluding carboxylic acids is 2. The Hall–Kier alpha value is -1.67. The number of thiocarbonyl (C=S) groups is 1. The molecule has 150 valence electrons. The first-order chi connectivity index (χ1) is 13.0. The van der Waals surface area contributed by atoms with Gasteiger partial charge >= 0.3 is 5.97 Å². The number of aryl methyl sites for hydroxylation is 1. The smallest absolute Gasteiger partial charge is 0.305 e. The lowest BCUT2D eigenvalue weighted by Gasteiger charge is -2.19. The van der Waals surface area contributed by atoms with Gasteiger partial charge in [-0.1, -0.05) is 19.8 Å². The summed E-state index contributed by atoms with van der Waals surface area (Å²) in [5.41, 5.74) is 6.75. The van der Waals surface area contributed by atoms with E-state index in [9.17, 15) is 9.59 Å². The van der Waals surface area contributed by atoms with E-state index in [1.165, 1.54) is 30.4 Å². The van der Waals surface area contributed by atoms with Crippen LogP contribution in [0.25, 0.3) is 0 Å². The number of fused-ring (bicyclic) bond motifs is 1. The molecule has 1 aromatic rings. The first-order valence-corrected chi connectivity index (χ1v) is 10.8. The van der Waals surface area contributed by atoms with Gasteiger partial charge in [-0.05, 0) is 61.9 Å². The first kappa shape index (κ1) is 21.6. The fraction of sp³-hybridized carbons (Fsp3) is 0.632. The molecule has 6 nitrogen and oxygen atoms in total. The van der Waals surface area contributed by atoms with Gasteiger partial charge in [-0.15, -0.1) is 11.3 Å². The molecule has 0 saturated heterocycles. The summed E-state index contributed by atoms with van der Waals surface area (Å²) in [6.07, 6.45) is 7.62. The highest BCUT2D eigenvalue weighted by atomic mass is 32.1. The monoisotopic (exact) mass is 411 g/mol. The van der Waals surface area contributed by atoms with E-state index in [2.05, 4.69) is 27.8 Å². The number of unbranched alkanes of at least 4 members (excludes halogenated alkanes) is 2. The number of methoxy groups -OCH3 is 1. The molecule has 0 fully saturated rings. The largest absolute Gasteiger partial charge is 0.469 e. The molecule has 0 aromatic carbocycles. The van der Waals surface area contributed by atoms with Crippen LogP contribution in [-0.2, 0) is 22.4 Å². The van der Waals surface area contributed by atoms with Crippen molar-refractivity contribution < 1.29 is 14.3 Å². The molecule has 0 spiro atoms. The summed E-state index contributed by atoms with van der Waals surface area (Å²) in [4.78, 5) is 25.4. The van der Waals surface area contributed by atoms with E-state index < -0.39 is 0 Å². The Balaban J connectivity index is 1.63. The molecule has 0 aliphatic heterocycles. The van der Waals surface area contributed by atoms with E-state index >= 15 is 0 Å². The SMILES string of the molecule is CC[C@@H]1CCc2sc(C(=O)NNC(=S)NCCCCCC(=O)OC)cc2C1. The van der Waals surface area contributed by atoms with E-state index in [1.54, 1.807) is 11.3 Å². The zero-order valence-corrected chi connectivity index (χ0v) is 17.7. The second-order valence-corrected chi connectivity index (χ2v) is 8.34. The van der Waals surface area contributed by atoms with Crippen molar-refractivity contribution >= 4 is 40.5 Å². The molecule has 1 aliphatic carbocycles. The van der Waals surface area contributed by atoms with Crippen LogP contribution in [-0.4, -0.2) is 30.6 Å². The predicted molar refractivity (Wildman–Crippen MR) is 112 cm³/mol. The lowest BCUT2D eigenvalue weighted by atomic mass is 9.87. The van der Waals surface area contributed by atoms with Crippen molar-refractivity contribution in [3.05, 3.63) is 21.4 Å². The molecule has 0 saturated carbocycles. The third kappa shape index (κ3) is 7.10. The van der Waals surface area contributed by atoms with Gasteiger partial charge in [0.15, 0.2) is 5.11 Å². The van der Waals surface area contributed by atoms with Crippen molar-refractivity contribution in [2.24, 2.45) is 5.92 Å². The molecule has 3 N–H and O–H groups in total. The quantitative estimate of drug-likeness (QED) is 0.264. The summed E-state index contributed by atoms with van der Waals surface area (Å²) in [7, 11) is 1.40. The molecule has 0 radical (unpaired) electrons. The third-order valence-electron chi connectivity index (χ3n) is 4.85. The lowest BCUT2D eigenvalue weighted by Crippen LogP contribution is -2.46. The number of hydrazine groups is 1. The van der Waals surface area contributed by atoms with Crippen molar-refractivity contribution in [3.63, 3.8) is 0 Å². The summed E-state index contributed by atoms with van der Waals surface area (Å²) in [6.45, 7) is 2.92. The van der Waals surface area contributed by atoms with E-state index in [0.717, 1.165) is 42.9 Å². The number of amides is 1. The number of hydrogen-bond acceptors (Lipinski definition) is 5. The molecule has 0 bridgehead atoms. The maximum absolute atomic E-state index is 12.3. The lowest BCUT2D eigenvalue weighted by molar-refractivity contribution is -0.140. The predicted octanol–water partition coefficient (Wildman–Crippen LogP) is 3.11. The van der Waals surface area contributed by atoms with Gasteiger partial charge in [0.25, 0.3) is 5.91 Å². The number of ether oxygens (including phenoxy) is 1. The second-order valence-electron chi connectivity index (χ2n) is 6.80. The topological polar surface area (TPSA) is 79.5 Å². The molecular weight excluding hydrogens is 382 g/mol. The summed E-state index contributed by atoms with van der Waals surface area (Å²) in [5.74, 6) is 0.415. The summed E-state index contributed by atoms with van der Waals surface area (Å²) in [5, 5.41) is 3.44. The van der Waals surface area contributed by atoms with Crippen molar-refractivity contribution in [2.45, 2.75) is 58.3 Å². The maximum atomic E-state index is 12.3. The van der Waals surface area contributed by atoms with Gasteiger partial charge in [-0.3, -0.25) is 20.4 Å². The maximum Gasteiger partial charge on any atom is 0.305 e. The van der Waals surface area contributed by atoms with Crippen LogP contribution in [0.1, 0.15) is 65.6 Å². The Morgan fingerprint density at radius 1 is 1.30 bits per heavy atom. The fourth-order valence-electron chi connectivity index (χ4n) is 3.15. The van der Waals surface area contributed by atoms with Crippen molar-refractivity contribution in [1.82, 2.24) is 16.2 Å². The number of carbonyl (C=O) groups is 2. The van der Waals surface area contributed by atoms with Crippen molar-refractivity contribution in [3.8, 4) is 0 Å². The van der Waals surface area contributed by atoms with Gasteiger partial charge in [0.05, 0.1) is 12.0 Å². The van der Waals surface area contributed by atoms with Crippen LogP contribution >= 0.6 is 23.6 Å². The van der Waals surface area contributed by atoms with Gasteiger partial charge in [0, 0.05) is 17.8 Å². The molecule has 1 aliphatic rings. The normalized spacial score (nSPS) is 15.6. The number of rotatable bonds is 8. The highest BCUT2D eigenvalue weighted by Crippen LogP contribution is 2.33. The van der Waals surface area contributed by atoms with Crippen molar-refractivity contribution in [1.29, 1.82) is 0 Å². The molecule has 27 heavy (non-hydrogen) atoms. The molecule has 2 rings (SSSR count). The number of thiophene rings is 1. The molecule has 1 amide bonds. The van der Waals surface area contributed by atoms with E-state index in [-0.39, 0.29) is 11.9 Å². The van der Waals surface area contributed by atoms with Gasteiger partial charge in [0.1, 0.15) is 0 Å². The van der Waals surface area contributed by atoms with E-state index in [1.807, 2.05) is 6.07 Å². The Labute approximate surface area is 170 Å². The van der Waals surface area contributed by atoms with Crippen LogP contribution in [0.2, 0.25) is 0 Å². The summed E-state index contributed by atoms with van der Waals surface area (Å²) < 4.78 is 4.60. The Kier molecular flexibility index (Phi) is 9.00. The third-order valence-corrected chi connectivity index (χ3v) is 6.33. The zero-order valence-electron chi connectivity index (χ0n) is 16.1. The van der Waals surface area contributed by atoms with Gasteiger partial charge < -0.3 is 10.1 Å². The van der Waals surface area contributed by atoms with Gasteiger partial charge in [-0.2, -0.15) is 0 Å². The molecule has 1 heterocycles. The highest BCUT2D eigenvalue weighted by molar-refractivity contribution is 7.80. The minimum absolute atomic E-state index is 0.148. The second kappa shape index (κ2) is 11.2. The molecular formula is C19H29N3O3S2. The van der Waals surface area contributed by atoms with Gasteiger partial charge in [0.2, 0.25) is 0 Å². The molecule has 1 aromatic heterocycles. The fourth-order valence-corrected chi connectivity index (χ4v) is 4.41. The van der Waals surface area contributed by atoms with E-state index in [4.69, 9.17) is 12.2 Å². The number of hydrogen-bond donors (Lipinski definition) is 3.